The van der Waals surface area contributed by atoms with E-state index in [9.17, 15) is 0 Å². The molecule has 1 aromatic rings. The number of ether oxygens (including phenoxy) is 1. The van der Waals surface area contributed by atoms with Crippen LogP contribution in [0.1, 0.15) is 25.8 Å². The Hall–Kier alpha value is -1.02. The van der Waals surface area contributed by atoms with Crippen molar-refractivity contribution in [2.75, 3.05) is 6.61 Å². The molecule has 1 aromatic carbocycles. The molecule has 0 aliphatic heterocycles. The van der Waals surface area contributed by atoms with Gasteiger partial charge in [-0.3, -0.25) is 0 Å². The van der Waals surface area contributed by atoms with Crippen molar-refractivity contribution in [2.45, 2.75) is 32.7 Å². The molecule has 14 heavy (non-hydrogen) atoms. The fraction of sp³-hybridized carbons (Fsp3) is 0.500. The molecule has 2 N–H and O–H groups in total. The smallest absolute Gasteiger partial charge is 0.122 e. The molecular weight excluding hydrogens is 174 g/mol. The van der Waals surface area contributed by atoms with Crippen molar-refractivity contribution in [3.63, 3.8) is 0 Å². The Morgan fingerprint density at radius 1 is 1.36 bits per heavy atom. The standard InChI is InChI=1S/C12H19NO/c1-3-8-14-12-7-5-4-6-11(12)9-10(2)13/h4-7,10H,3,8-9,13H2,1-2H3. The summed E-state index contributed by atoms with van der Waals surface area (Å²) in [6.45, 7) is 4.89. The largest absolute Gasteiger partial charge is 0.493 e. The van der Waals surface area contributed by atoms with Crippen molar-refractivity contribution < 1.29 is 4.74 Å². The summed E-state index contributed by atoms with van der Waals surface area (Å²) in [7, 11) is 0. The summed E-state index contributed by atoms with van der Waals surface area (Å²) in [6, 6.07) is 8.29. The van der Waals surface area contributed by atoms with Crippen LogP contribution in [0.5, 0.6) is 5.75 Å². The summed E-state index contributed by atoms with van der Waals surface area (Å²) in [5, 5.41) is 0. The molecule has 0 saturated carbocycles. The van der Waals surface area contributed by atoms with Gasteiger partial charge in [-0.25, -0.2) is 0 Å². The number of nitrogens with two attached hydrogens (primary N) is 1. The molecule has 0 aromatic heterocycles. The highest BCUT2D eigenvalue weighted by molar-refractivity contribution is 5.33. The third-order valence-electron chi connectivity index (χ3n) is 1.98. The van der Waals surface area contributed by atoms with E-state index in [2.05, 4.69) is 13.0 Å². The van der Waals surface area contributed by atoms with Gasteiger partial charge in [0, 0.05) is 6.04 Å². The molecule has 0 saturated heterocycles. The maximum absolute atomic E-state index is 5.77. The van der Waals surface area contributed by atoms with Gasteiger partial charge in [-0.15, -0.1) is 0 Å². The molecule has 0 spiro atoms. The fourth-order valence-electron chi connectivity index (χ4n) is 1.37. The Bertz CT molecular complexity index is 271. The average molecular weight is 193 g/mol. The molecule has 0 aliphatic rings. The van der Waals surface area contributed by atoms with Crippen molar-refractivity contribution in [2.24, 2.45) is 5.73 Å². The Balaban J connectivity index is 2.69. The number of hydrogen-bond donors (Lipinski definition) is 1. The predicted molar refractivity (Wildman–Crippen MR) is 59.6 cm³/mol. The van der Waals surface area contributed by atoms with E-state index in [1.165, 1.54) is 5.56 Å². The first-order chi connectivity index (χ1) is 6.74. The monoisotopic (exact) mass is 193 g/mol. The summed E-state index contributed by atoms with van der Waals surface area (Å²) < 4.78 is 5.63. The average Bonchev–Trinajstić information content (AvgIpc) is 2.16. The Morgan fingerprint density at radius 3 is 2.71 bits per heavy atom. The maximum Gasteiger partial charge on any atom is 0.122 e. The number of para-hydroxylation sites is 1. The third-order valence-corrected chi connectivity index (χ3v) is 1.98. The molecule has 0 radical (unpaired) electrons. The van der Waals surface area contributed by atoms with Crippen LogP contribution < -0.4 is 10.5 Å². The lowest BCUT2D eigenvalue weighted by Gasteiger charge is -2.12. The molecule has 0 heterocycles. The quantitative estimate of drug-likeness (QED) is 0.779. The van der Waals surface area contributed by atoms with Crippen LogP contribution in [0.3, 0.4) is 0 Å². The highest BCUT2D eigenvalue weighted by atomic mass is 16.5. The SMILES string of the molecule is CCCOc1ccccc1CC(C)N. The van der Waals surface area contributed by atoms with E-state index >= 15 is 0 Å². The second kappa shape index (κ2) is 5.66. The first kappa shape index (κ1) is 11.1. The minimum Gasteiger partial charge on any atom is -0.493 e. The molecule has 0 amide bonds. The van der Waals surface area contributed by atoms with E-state index in [0.717, 1.165) is 25.2 Å². The molecule has 0 bridgehead atoms. The van der Waals surface area contributed by atoms with Gasteiger partial charge in [0.25, 0.3) is 0 Å². The zero-order valence-corrected chi connectivity index (χ0v) is 8.99. The number of hydrogen-bond acceptors (Lipinski definition) is 2. The van der Waals surface area contributed by atoms with Crippen LogP contribution in [0.15, 0.2) is 24.3 Å². The van der Waals surface area contributed by atoms with Crippen LogP contribution in [-0.4, -0.2) is 12.6 Å². The van der Waals surface area contributed by atoms with E-state index in [1.807, 2.05) is 25.1 Å². The molecule has 2 heteroatoms. The van der Waals surface area contributed by atoms with Gasteiger partial charge in [0.05, 0.1) is 6.61 Å². The summed E-state index contributed by atoms with van der Waals surface area (Å²) in [5.74, 6) is 0.978. The molecule has 1 rings (SSSR count). The highest BCUT2D eigenvalue weighted by Crippen LogP contribution is 2.19. The zero-order valence-electron chi connectivity index (χ0n) is 8.99. The van der Waals surface area contributed by atoms with Crippen LogP contribution in [0.25, 0.3) is 0 Å². The van der Waals surface area contributed by atoms with Crippen LogP contribution >= 0.6 is 0 Å². The fourth-order valence-corrected chi connectivity index (χ4v) is 1.37. The first-order valence-corrected chi connectivity index (χ1v) is 5.20. The van der Waals surface area contributed by atoms with E-state index in [4.69, 9.17) is 10.5 Å². The minimum atomic E-state index is 0.182. The maximum atomic E-state index is 5.77. The van der Waals surface area contributed by atoms with Crippen molar-refractivity contribution in [1.29, 1.82) is 0 Å². The molecule has 2 nitrogen and oxygen atoms in total. The second-order valence-corrected chi connectivity index (χ2v) is 3.64. The van der Waals surface area contributed by atoms with Crippen LogP contribution in [-0.2, 0) is 6.42 Å². The van der Waals surface area contributed by atoms with E-state index in [-0.39, 0.29) is 6.04 Å². The summed E-state index contributed by atoms with van der Waals surface area (Å²) >= 11 is 0. The predicted octanol–water partition coefficient (Wildman–Crippen LogP) is 2.37. The first-order valence-electron chi connectivity index (χ1n) is 5.20. The Labute approximate surface area is 86.1 Å². The third kappa shape index (κ3) is 3.38. The summed E-state index contributed by atoms with van der Waals surface area (Å²) in [6.07, 6.45) is 1.91. The van der Waals surface area contributed by atoms with Crippen LogP contribution in [0.4, 0.5) is 0 Å². The van der Waals surface area contributed by atoms with Gasteiger partial charge in [0.15, 0.2) is 0 Å². The van der Waals surface area contributed by atoms with Gasteiger partial charge < -0.3 is 10.5 Å². The summed E-state index contributed by atoms with van der Waals surface area (Å²) in [5.41, 5.74) is 6.97. The van der Waals surface area contributed by atoms with Crippen molar-refractivity contribution in [3.8, 4) is 5.75 Å². The lowest BCUT2D eigenvalue weighted by Crippen LogP contribution is -2.18. The van der Waals surface area contributed by atoms with E-state index in [0.29, 0.717) is 0 Å². The molecule has 0 aliphatic carbocycles. The van der Waals surface area contributed by atoms with Gasteiger partial charge in [-0.2, -0.15) is 0 Å². The van der Waals surface area contributed by atoms with Crippen LogP contribution in [0, 0.1) is 0 Å². The van der Waals surface area contributed by atoms with Crippen molar-refractivity contribution in [3.05, 3.63) is 29.8 Å². The van der Waals surface area contributed by atoms with Crippen LogP contribution in [0.2, 0.25) is 0 Å². The highest BCUT2D eigenvalue weighted by Gasteiger charge is 2.04. The second-order valence-electron chi connectivity index (χ2n) is 3.64. The Morgan fingerprint density at radius 2 is 2.07 bits per heavy atom. The van der Waals surface area contributed by atoms with Crippen molar-refractivity contribution >= 4 is 0 Å². The molecule has 1 unspecified atom stereocenters. The lowest BCUT2D eigenvalue weighted by atomic mass is 10.1. The molecule has 1 atom stereocenters. The summed E-state index contributed by atoms with van der Waals surface area (Å²) in [4.78, 5) is 0. The molecular formula is C12H19NO. The van der Waals surface area contributed by atoms with Gasteiger partial charge in [-0.1, -0.05) is 25.1 Å². The van der Waals surface area contributed by atoms with Gasteiger partial charge >= 0.3 is 0 Å². The molecule has 78 valence electrons. The normalized spacial score (nSPS) is 12.5. The topological polar surface area (TPSA) is 35.2 Å². The van der Waals surface area contributed by atoms with Gasteiger partial charge in [-0.05, 0) is 31.4 Å². The van der Waals surface area contributed by atoms with Gasteiger partial charge in [0.1, 0.15) is 5.75 Å². The number of benzene rings is 1. The minimum absolute atomic E-state index is 0.182. The Kier molecular flexibility index (Phi) is 4.47. The van der Waals surface area contributed by atoms with Gasteiger partial charge in [0.2, 0.25) is 0 Å². The zero-order chi connectivity index (χ0) is 10.4. The number of rotatable bonds is 5. The van der Waals surface area contributed by atoms with Crippen molar-refractivity contribution in [1.82, 2.24) is 0 Å². The van der Waals surface area contributed by atoms with E-state index < -0.39 is 0 Å². The van der Waals surface area contributed by atoms with E-state index in [1.54, 1.807) is 0 Å². The molecule has 0 fully saturated rings. The lowest BCUT2D eigenvalue weighted by molar-refractivity contribution is 0.313.